The molecule has 4 nitrogen and oxygen atoms in total. The van der Waals surface area contributed by atoms with Gasteiger partial charge in [0.1, 0.15) is 0 Å². The zero-order valence-electron chi connectivity index (χ0n) is 12.2. The first-order valence-electron chi connectivity index (χ1n) is 7.42. The minimum Gasteiger partial charge on any atom is -0.399 e. The Balaban J connectivity index is 1.88. The Morgan fingerprint density at radius 1 is 1.40 bits per heavy atom. The number of amides is 1. The van der Waals surface area contributed by atoms with Crippen LogP contribution in [0, 0.1) is 0 Å². The summed E-state index contributed by atoms with van der Waals surface area (Å²) in [6.45, 7) is 3.97. The molecule has 0 aliphatic heterocycles. The van der Waals surface area contributed by atoms with Gasteiger partial charge in [0, 0.05) is 24.9 Å². The van der Waals surface area contributed by atoms with Crippen LogP contribution in [0.1, 0.15) is 38.2 Å². The topological polar surface area (TPSA) is 55.6 Å². The van der Waals surface area contributed by atoms with Crippen molar-refractivity contribution in [3.63, 3.8) is 0 Å². The molecule has 1 aliphatic carbocycles. The summed E-state index contributed by atoms with van der Waals surface area (Å²) >= 11 is 0. The first kappa shape index (κ1) is 14.9. The molecule has 0 saturated heterocycles. The van der Waals surface area contributed by atoms with Gasteiger partial charge >= 0.3 is 0 Å². The molecule has 0 radical (unpaired) electrons. The lowest BCUT2D eigenvalue weighted by Gasteiger charge is -2.23. The van der Waals surface area contributed by atoms with Gasteiger partial charge in [-0.15, -0.1) is 0 Å². The summed E-state index contributed by atoms with van der Waals surface area (Å²) in [5.74, 6) is 0.186. The van der Waals surface area contributed by atoms with Gasteiger partial charge in [0.2, 0.25) is 5.91 Å². The van der Waals surface area contributed by atoms with Gasteiger partial charge < -0.3 is 15.4 Å². The normalized spacial score (nSPS) is 14.2. The Morgan fingerprint density at radius 3 is 2.85 bits per heavy atom. The van der Waals surface area contributed by atoms with Crippen LogP contribution in [0.4, 0.5) is 5.69 Å². The second-order valence-electron chi connectivity index (χ2n) is 5.36. The van der Waals surface area contributed by atoms with Crippen molar-refractivity contribution in [3.8, 4) is 0 Å². The van der Waals surface area contributed by atoms with Crippen LogP contribution in [0.15, 0.2) is 24.3 Å². The maximum atomic E-state index is 12.3. The number of ether oxygens (including phenoxy) is 1. The smallest absolute Gasteiger partial charge is 0.225 e. The molecule has 1 amide bonds. The maximum absolute atomic E-state index is 12.3. The highest BCUT2D eigenvalue weighted by atomic mass is 16.5. The molecule has 0 heterocycles. The van der Waals surface area contributed by atoms with Gasteiger partial charge in [-0.2, -0.15) is 0 Å². The van der Waals surface area contributed by atoms with E-state index in [2.05, 4.69) is 6.92 Å². The van der Waals surface area contributed by atoms with Gasteiger partial charge in [-0.1, -0.05) is 19.1 Å². The van der Waals surface area contributed by atoms with E-state index in [-0.39, 0.29) is 5.91 Å². The van der Waals surface area contributed by atoms with E-state index in [0.717, 1.165) is 37.1 Å². The first-order chi connectivity index (χ1) is 9.70. The Morgan fingerprint density at radius 2 is 2.20 bits per heavy atom. The second kappa shape index (κ2) is 7.29. The maximum Gasteiger partial charge on any atom is 0.225 e. The van der Waals surface area contributed by atoms with E-state index in [9.17, 15) is 4.79 Å². The lowest BCUT2D eigenvalue weighted by Crippen LogP contribution is -2.33. The molecule has 4 heteroatoms. The summed E-state index contributed by atoms with van der Waals surface area (Å²) in [6.07, 6.45) is 3.69. The van der Waals surface area contributed by atoms with Crippen LogP contribution in [0.2, 0.25) is 0 Å². The Kier molecular flexibility index (Phi) is 5.41. The van der Waals surface area contributed by atoms with Crippen molar-refractivity contribution in [2.75, 3.05) is 18.9 Å². The predicted octanol–water partition coefficient (Wildman–Crippen LogP) is 2.58. The lowest BCUT2D eigenvalue weighted by atomic mass is 10.2. The van der Waals surface area contributed by atoms with Crippen molar-refractivity contribution >= 4 is 11.6 Å². The van der Waals surface area contributed by atoms with Crippen LogP contribution in [0.5, 0.6) is 0 Å². The summed E-state index contributed by atoms with van der Waals surface area (Å²) in [6, 6.07) is 8.17. The molecular formula is C16H24N2O2. The fourth-order valence-electron chi connectivity index (χ4n) is 2.24. The molecule has 2 rings (SSSR count). The highest BCUT2D eigenvalue weighted by Crippen LogP contribution is 2.29. The highest BCUT2D eigenvalue weighted by molar-refractivity contribution is 5.77. The molecule has 1 saturated carbocycles. The van der Waals surface area contributed by atoms with Crippen LogP contribution < -0.4 is 5.73 Å². The van der Waals surface area contributed by atoms with Crippen molar-refractivity contribution in [1.82, 2.24) is 4.90 Å². The average molecular weight is 276 g/mol. The predicted molar refractivity (Wildman–Crippen MR) is 80.2 cm³/mol. The van der Waals surface area contributed by atoms with Crippen LogP contribution >= 0.6 is 0 Å². The monoisotopic (exact) mass is 276 g/mol. The largest absolute Gasteiger partial charge is 0.399 e. The van der Waals surface area contributed by atoms with Crippen LogP contribution in [0.3, 0.4) is 0 Å². The molecule has 1 aromatic rings. The van der Waals surface area contributed by atoms with Gasteiger partial charge in [-0.25, -0.2) is 0 Å². The standard InChI is InChI=1S/C16H24N2O2/c1-2-9-20-10-8-16(19)18(15-6-7-15)12-13-4-3-5-14(17)11-13/h3-5,11,15H,2,6-10,12,17H2,1H3. The minimum absolute atomic E-state index is 0.186. The fourth-order valence-corrected chi connectivity index (χ4v) is 2.24. The molecule has 0 aromatic heterocycles. The molecular weight excluding hydrogens is 252 g/mol. The summed E-state index contributed by atoms with van der Waals surface area (Å²) < 4.78 is 5.41. The Labute approximate surface area is 120 Å². The number of hydrogen-bond acceptors (Lipinski definition) is 3. The van der Waals surface area contributed by atoms with Gasteiger partial charge in [-0.05, 0) is 37.0 Å². The number of nitrogen functional groups attached to an aromatic ring is 1. The zero-order valence-corrected chi connectivity index (χ0v) is 12.2. The van der Waals surface area contributed by atoms with Gasteiger partial charge in [0.25, 0.3) is 0 Å². The van der Waals surface area contributed by atoms with Crippen molar-refractivity contribution in [1.29, 1.82) is 0 Å². The quantitative estimate of drug-likeness (QED) is 0.586. The van der Waals surface area contributed by atoms with Crippen LogP contribution in [0.25, 0.3) is 0 Å². The lowest BCUT2D eigenvalue weighted by molar-refractivity contribution is -0.133. The SMILES string of the molecule is CCCOCCC(=O)N(Cc1cccc(N)c1)C1CC1. The van der Waals surface area contributed by atoms with E-state index >= 15 is 0 Å². The Hall–Kier alpha value is -1.55. The molecule has 1 fully saturated rings. The molecule has 20 heavy (non-hydrogen) atoms. The van der Waals surface area contributed by atoms with Crippen LogP contribution in [-0.4, -0.2) is 30.1 Å². The summed E-state index contributed by atoms with van der Waals surface area (Å²) in [5, 5.41) is 0. The number of hydrogen-bond donors (Lipinski definition) is 1. The first-order valence-corrected chi connectivity index (χ1v) is 7.42. The van der Waals surface area contributed by atoms with E-state index in [4.69, 9.17) is 10.5 Å². The third-order valence-electron chi connectivity index (χ3n) is 3.42. The summed E-state index contributed by atoms with van der Waals surface area (Å²) in [4.78, 5) is 14.3. The number of rotatable bonds is 8. The number of carbonyl (C=O) groups is 1. The van der Waals surface area contributed by atoms with E-state index in [1.54, 1.807) is 0 Å². The molecule has 0 atom stereocenters. The summed E-state index contributed by atoms with van der Waals surface area (Å²) in [7, 11) is 0. The van der Waals surface area contributed by atoms with E-state index in [1.807, 2.05) is 29.2 Å². The number of benzene rings is 1. The van der Waals surface area contributed by atoms with E-state index in [0.29, 0.717) is 25.6 Å². The molecule has 1 aliphatic rings. The van der Waals surface area contributed by atoms with Gasteiger partial charge in [0.15, 0.2) is 0 Å². The average Bonchev–Trinajstić information content (AvgIpc) is 3.25. The Bertz CT molecular complexity index is 444. The number of anilines is 1. The zero-order chi connectivity index (χ0) is 14.4. The van der Waals surface area contributed by atoms with Crippen molar-refractivity contribution in [2.24, 2.45) is 0 Å². The number of nitrogens with two attached hydrogens (primary N) is 1. The molecule has 0 bridgehead atoms. The molecule has 2 N–H and O–H groups in total. The minimum atomic E-state index is 0.186. The third kappa shape index (κ3) is 4.53. The molecule has 110 valence electrons. The van der Waals surface area contributed by atoms with E-state index < -0.39 is 0 Å². The van der Waals surface area contributed by atoms with Crippen molar-refractivity contribution in [3.05, 3.63) is 29.8 Å². The van der Waals surface area contributed by atoms with Gasteiger partial charge in [-0.3, -0.25) is 4.79 Å². The molecule has 0 unspecified atom stereocenters. The number of carbonyl (C=O) groups excluding carboxylic acids is 1. The van der Waals surface area contributed by atoms with Crippen molar-refractivity contribution in [2.45, 2.75) is 45.2 Å². The van der Waals surface area contributed by atoms with Crippen molar-refractivity contribution < 1.29 is 9.53 Å². The number of nitrogens with zero attached hydrogens (tertiary/aromatic N) is 1. The van der Waals surface area contributed by atoms with E-state index in [1.165, 1.54) is 0 Å². The summed E-state index contributed by atoms with van der Waals surface area (Å²) in [5.41, 5.74) is 7.64. The van der Waals surface area contributed by atoms with Gasteiger partial charge in [0.05, 0.1) is 13.0 Å². The molecule has 1 aromatic carbocycles. The molecule has 0 spiro atoms. The fraction of sp³-hybridized carbons (Fsp3) is 0.562. The van der Waals surface area contributed by atoms with Crippen LogP contribution in [-0.2, 0) is 16.1 Å². The second-order valence-corrected chi connectivity index (χ2v) is 5.36. The highest BCUT2D eigenvalue weighted by Gasteiger charge is 2.32. The third-order valence-corrected chi connectivity index (χ3v) is 3.42.